The van der Waals surface area contributed by atoms with E-state index in [1.807, 2.05) is 10.7 Å². The highest BCUT2D eigenvalue weighted by atomic mass is 32.1. The van der Waals surface area contributed by atoms with Crippen LogP contribution in [0.4, 0.5) is 0 Å². The van der Waals surface area contributed by atoms with E-state index in [0.717, 1.165) is 35.5 Å². The van der Waals surface area contributed by atoms with E-state index in [1.165, 1.54) is 5.56 Å². The lowest BCUT2D eigenvalue weighted by atomic mass is 10.2. The molecule has 3 rings (SSSR count). The summed E-state index contributed by atoms with van der Waals surface area (Å²) in [6.45, 7) is 4.45. The predicted molar refractivity (Wildman–Crippen MR) is 82.4 cm³/mol. The van der Waals surface area contributed by atoms with Gasteiger partial charge in [0, 0.05) is 19.6 Å². The molecule has 0 amide bonds. The van der Waals surface area contributed by atoms with Crippen molar-refractivity contribution < 1.29 is 4.74 Å². The van der Waals surface area contributed by atoms with Gasteiger partial charge in [-0.15, -0.1) is 5.10 Å². The van der Waals surface area contributed by atoms with Crippen molar-refractivity contribution in [1.82, 2.24) is 25.3 Å². The molecule has 0 saturated heterocycles. The zero-order chi connectivity index (χ0) is 14.7. The Morgan fingerprint density at radius 1 is 1.33 bits per heavy atom. The Labute approximate surface area is 126 Å². The second-order valence-electron chi connectivity index (χ2n) is 4.63. The number of aryl methyl sites for hydroxylation is 1. The molecule has 0 saturated carbocycles. The van der Waals surface area contributed by atoms with Crippen LogP contribution in [-0.2, 0) is 19.6 Å². The van der Waals surface area contributed by atoms with Crippen LogP contribution in [0.25, 0.3) is 10.2 Å². The van der Waals surface area contributed by atoms with Gasteiger partial charge < -0.3 is 10.1 Å². The lowest BCUT2D eigenvalue weighted by molar-refractivity contribution is 0.413. The van der Waals surface area contributed by atoms with Crippen molar-refractivity contribution in [2.24, 2.45) is 0 Å². The maximum Gasteiger partial charge on any atom is 0.274 e. The van der Waals surface area contributed by atoms with Crippen LogP contribution in [0.5, 0.6) is 5.19 Å². The van der Waals surface area contributed by atoms with Gasteiger partial charge in [-0.2, -0.15) is 0 Å². The Bertz CT molecular complexity index is 736. The number of rotatable bonds is 6. The molecule has 0 atom stereocenters. The molecular formula is C14H17N5OS. The highest BCUT2D eigenvalue weighted by Crippen LogP contribution is 2.28. The largest absolute Gasteiger partial charge is 0.473 e. The number of benzene rings is 1. The van der Waals surface area contributed by atoms with E-state index >= 15 is 0 Å². The molecule has 0 spiro atoms. The fourth-order valence-corrected chi connectivity index (χ4v) is 3.01. The first-order chi connectivity index (χ1) is 10.3. The second-order valence-corrected chi connectivity index (χ2v) is 5.62. The Morgan fingerprint density at radius 2 is 2.24 bits per heavy atom. The lowest BCUT2D eigenvalue weighted by Gasteiger charge is -2.06. The summed E-state index contributed by atoms with van der Waals surface area (Å²) in [5.41, 5.74) is 3.30. The van der Waals surface area contributed by atoms with E-state index in [0.29, 0.717) is 5.19 Å². The first kappa shape index (κ1) is 14.0. The smallest absolute Gasteiger partial charge is 0.274 e. The molecule has 0 aliphatic carbocycles. The van der Waals surface area contributed by atoms with E-state index in [4.69, 9.17) is 4.74 Å². The summed E-state index contributed by atoms with van der Waals surface area (Å²) in [6.07, 6.45) is 1.80. The SMILES string of the molecule is CCn1nncc1CNCc1ccc2nc(OC)sc2c1. The molecule has 2 aromatic heterocycles. The summed E-state index contributed by atoms with van der Waals surface area (Å²) in [4.78, 5) is 4.37. The van der Waals surface area contributed by atoms with E-state index < -0.39 is 0 Å². The highest BCUT2D eigenvalue weighted by Gasteiger charge is 2.05. The molecule has 3 aromatic rings. The quantitative estimate of drug-likeness (QED) is 0.756. The van der Waals surface area contributed by atoms with Crippen molar-refractivity contribution in [1.29, 1.82) is 0 Å². The van der Waals surface area contributed by atoms with Crippen LogP contribution in [-0.4, -0.2) is 27.1 Å². The molecule has 0 radical (unpaired) electrons. The number of hydrogen-bond acceptors (Lipinski definition) is 6. The molecule has 0 unspecified atom stereocenters. The van der Waals surface area contributed by atoms with E-state index in [-0.39, 0.29) is 0 Å². The van der Waals surface area contributed by atoms with Gasteiger partial charge in [-0.25, -0.2) is 9.67 Å². The maximum absolute atomic E-state index is 5.17. The van der Waals surface area contributed by atoms with Gasteiger partial charge in [0.25, 0.3) is 5.19 Å². The first-order valence-corrected chi connectivity index (χ1v) is 7.63. The molecule has 0 bridgehead atoms. The third-order valence-corrected chi connectivity index (χ3v) is 4.22. The average Bonchev–Trinajstić information content (AvgIpc) is 3.12. The Hall–Kier alpha value is -1.99. The van der Waals surface area contributed by atoms with Crippen LogP contribution in [0.2, 0.25) is 0 Å². The van der Waals surface area contributed by atoms with E-state index in [9.17, 15) is 0 Å². The summed E-state index contributed by atoms with van der Waals surface area (Å²) >= 11 is 1.56. The minimum atomic E-state index is 0.702. The molecule has 0 aliphatic rings. The van der Waals surface area contributed by atoms with Crippen molar-refractivity contribution in [3.63, 3.8) is 0 Å². The maximum atomic E-state index is 5.17. The van der Waals surface area contributed by atoms with Crippen molar-refractivity contribution in [3.05, 3.63) is 35.7 Å². The summed E-state index contributed by atoms with van der Waals surface area (Å²) in [5, 5.41) is 12.1. The minimum absolute atomic E-state index is 0.702. The van der Waals surface area contributed by atoms with Crippen LogP contribution in [0.3, 0.4) is 0 Å². The van der Waals surface area contributed by atoms with Gasteiger partial charge in [0.1, 0.15) is 0 Å². The van der Waals surface area contributed by atoms with Crippen molar-refractivity contribution in [3.8, 4) is 5.19 Å². The van der Waals surface area contributed by atoms with Crippen LogP contribution < -0.4 is 10.1 Å². The number of aromatic nitrogens is 4. The van der Waals surface area contributed by atoms with Crippen molar-refractivity contribution in [2.75, 3.05) is 7.11 Å². The predicted octanol–water partition coefficient (Wildman–Crippen LogP) is 2.21. The molecular weight excluding hydrogens is 286 g/mol. The number of ether oxygens (including phenoxy) is 1. The zero-order valence-corrected chi connectivity index (χ0v) is 12.9. The summed E-state index contributed by atoms with van der Waals surface area (Å²) in [6, 6.07) is 6.27. The van der Waals surface area contributed by atoms with Crippen LogP contribution in [0.1, 0.15) is 18.2 Å². The number of fused-ring (bicyclic) bond motifs is 1. The van der Waals surface area contributed by atoms with E-state index in [1.54, 1.807) is 24.6 Å². The molecule has 1 N–H and O–H groups in total. The van der Waals surface area contributed by atoms with Gasteiger partial charge in [-0.1, -0.05) is 22.6 Å². The number of nitrogens with one attached hydrogen (secondary N) is 1. The van der Waals surface area contributed by atoms with Crippen LogP contribution in [0.15, 0.2) is 24.4 Å². The number of methoxy groups -OCH3 is 1. The van der Waals surface area contributed by atoms with Gasteiger partial charge in [0.05, 0.1) is 29.2 Å². The average molecular weight is 303 g/mol. The number of hydrogen-bond donors (Lipinski definition) is 1. The van der Waals surface area contributed by atoms with Crippen LogP contribution >= 0.6 is 11.3 Å². The van der Waals surface area contributed by atoms with Crippen molar-refractivity contribution >= 4 is 21.6 Å². The van der Waals surface area contributed by atoms with Gasteiger partial charge in [-0.3, -0.25) is 0 Å². The molecule has 1 aromatic carbocycles. The minimum Gasteiger partial charge on any atom is -0.473 e. The molecule has 2 heterocycles. The summed E-state index contributed by atoms with van der Waals surface area (Å²) in [7, 11) is 1.64. The Balaban J connectivity index is 1.65. The fourth-order valence-electron chi connectivity index (χ4n) is 2.16. The van der Waals surface area contributed by atoms with Crippen LogP contribution in [0, 0.1) is 0 Å². The van der Waals surface area contributed by atoms with Gasteiger partial charge in [0.15, 0.2) is 0 Å². The molecule has 7 heteroatoms. The number of nitrogens with zero attached hydrogens (tertiary/aromatic N) is 4. The Morgan fingerprint density at radius 3 is 3.05 bits per heavy atom. The molecule has 6 nitrogen and oxygen atoms in total. The molecule has 0 aliphatic heterocycles. The zero-order valence-electron chi connectivity index (χ0n) is 12.0. The lowest BCUT2D eigenvalue weighted by Crippen LogP contribution is -2.16. The third-order valence-electron chi connectivity index (χ3n) is 3.24. The Kier molecular flexibility index (Phi) is 4.12. The van der Waals surface area contributed by atoms with Gasteiger partial charge >= 0.3 is 0 Å². The molecule has 21 heavy (non-hydrogen) atoms. The first-order valence-electron chi connectivity index (χ1n) is 6.81. The highest BCUT2D eigenvalue weighted by molar-refractivity contribution is 7.20. The van der Waals surface area contributed by atoms with E-state index in [2.05, 4.69) is 39.7 Å². The molecule has 0 fully saturated rings. The number of thiazole rings is 1. The van der Waals surface area contributed by atoms with Crippen molar-refractivity contribution in [2.45, 2.75) is 26.6 Å². The summed E-state index contributed by atoms with van der Waals surface area (Å²) in [5.74, 6) is 0. The fraction of sp³-hybridized carbons (Fsp3) is 0.357. The molecule has 110 valence electrons. The third kappa shape index (κ3) is 3.03. The standard InChI is InChI=1S/C14H17N5OS/c1-3-19-11(9-16-18-19)8-15-7-10-4-5-12-13(6-10)21-14(17-12)20-2/h4-6,9,15H,3,7-8H2,1-2H3. The topological polar surface area (TPSA) is 64.9 Å². The normalized spacial score (nSPS) is 11.1. The van der Waals surface area contributed by atoms with Gasteiger partial charge in [0.2, 0.25) is 0 Å². The second kappa shape index (κ2) is 6.19. The van der Waals surface area contributed by atoms with Gasteiger partial charge in [-0.05, 0) is 24.6 Å². The summed E-state index contributed by atoms with van der Waals surface area (Å²) < 4.78 is 8.21. The monoisotopic (exact) mass is 303 g/mol.